The fourth-order valence-electron chi connectivity index (χ4n) is 2.21. The Balaban J connectivity index is 2.00. The number of hydrogen-bond donors (Lipinski definition) is 0. The summed E-state index contributed by atoms with van der Waals surface area (Å²) in [6.07, 6.45) is 0. The van der Waals surface area contributed by atoms with Gasteiger partial charge in [0.1, 0.15) is 17.4 Å². The summed E-state index contributed by atoms with van der Waals surface area (Å²) in [5.41, 5.74) is -0.101. The predicted octanol–water partition coefficient (Wildman–Crippen LogP) is 3.07. The van der Waals surface area contributed by atoms with Gasteiger partial charge in [-0.05, 0) is 24.6 Å². The molecule has 2 aromatic heterocycles. The van der Waals surface area contributed by atoms with E-state index in [2.05, 4.69) is 4.98 Å². The lowest BCUT2D eigenvalue weighted by Crippen LogP contribution is -1.99. The van der Waals surface area contributed by atoms with Crippen molar-refractivity contribution >= 4 is 16.7 Å². The highest BCUT2D eigenvalue weighted by molar-refractivity contribution is 5.81. The third-order valence-corrected chi connectivity index (χ3v) is 3.30. The van der Waals surface area contributed by atoms with Gasteiger partial charge in [0.2, 0.25) is 11.6 Å². The quantitative estimate of drug-likeness (QED) is 0.412. The topological polar surface area (TPSA) is 119 Å². The van der Waals surface area contributed by atoms with Crippen molar-refractivity contribution in [2.75, 3.05) is 0 Å². The lowest BCUT2D eigenvalue weighted by atomic mass is 10.1. The molecule has 24 heavy (non-hydrogen) atoms. The molecule has 0 unspecified atom stereocenters. The van der Waals surface area contributed by atoms with Gasteiger partial charge < -0.3 is 9.15 Å². The van der Waals surface area contributed by atoms with E-state index in [0.29, 0.717) is 11.3 Å². The molecule has 0 radical (unpaired) electrons. The highest BCUT2D eigenvalue weighted by atomic mass is 16.6. The molecule has 0 atom stereocenters. The molecule has 3 aromatic rings. The molecule has 8 nitrogen and oxygen atoms in total. The van der Waals surface area contributed by atoms with Crippen molar-refractivity contribution in [2.45, 2.75) is 6.92 Å². The molecule has 8 heteroatoms. The van der Waals surface area contributed by atoms with Crippen LogP contribution >= 0.6 is 0 Å². The van der Waals surface area contributed by atoms with E-state index in [1.807, 2.05) is 0 Å². The molecule has 3 rings (SSSR count). The number of nitro groups is 1. The number of aromatic nitrogens is 1. The fraction of sp³-hybridized carbons (Fsp3) is 0.0625. The van der Waals surface area contributed by atoms with Gasteiger partial charge >= 0.3 is 11.3 Å². The zero-order valence-electron chi connectivity index (χ0n) is 12.3. The summed E-state index contributed by atoms with van der Waals surface area (Å²) in [6.45, 7) is 1.79. The molecule has 0 N–H and O–H groups in total. The average molecular weight is 323 g/mol. The number of pyridine rings is 1. The van der Waals surface area contributed by atoms with Gasteiger partial charge in [-0.25, -0.2) is 4.79 Å². The van der Waals surface area contributed by atoms with Gasteiger partial charge in [0.25, 0.3) is 0 Å². The van der Waals surface area contributed by atoms with Crippen molar-refractivity contribution in [2.24, 2.45) is 0 Å². The highest BCUT2D eigenvalue weighted by Crippen LogP contribution is 2.27. The molecule has 0 bridgehead atoms. The Morgan fingerprint density at radius 3 is 2.79 bits per heavy atom. The second-order valence-corrected chi connectivity index (χ2v) is 4.89. The monoisotopic (exact) mass is 323 g/mol. The number of nitriles is 1. The van der Waals surface area contributed by atoms with Crippen LogP contribution in [-0.2, 0) is 0 Å². The number of nitrogens with zero attached hydrogens (tertiary/aromatic N) is 3. The summed E-state index contributed by atoms with van der Waals surface area (Å²) in [6, 6.07) is 10.4. The number of hydrogen-bond acceptors (Lipinski definition) is 7. The zero-order valence-corrected chi connectivity index (χ0v) is 12.3. The van der Waals surface area contributed by atoms with Crippen molar-refractivity contribution in [1.82, 2.24) is 4.98 Å². The molecular weight excluding hydrogens is 314 g/mol. The van der Waals surface area contributed by atoms with Crippen LogP contribution in [0.25, 0.3) is 11.0 Å². The lowest BCUT2D eigenvalue weighted by Gasteiger charge is -2.06. The maximum atomic E-state index is 11.4. The first-order chi connectivity index (χ1) is 11.5. The first kappa shape index (κ1) is 15.2. The van der Waals surface area contributed by atoms with E-state index >= 15 is 0 Å². The summed E-state index contributed by atoms with van der Waals surface area (Å²) < 4.78 is 10.6. The molecule has 0 saturated carbocycles. The Morgan fingerprint density at radius 1 is 1.29 bits per heavy atom. The van der Waals surface area contributed by atoms with Gasteiger partial charge in [0.05, 0.1) is 4.92 Å². The SMILES string of the molecule is Cc1cc(=O)oc2cc(Oc3ccc([N+](=O)[O-])c(C#N)n3)ccc12. The van der Waals surface area contributed by atoms with Crippen molar-refractivity contribution in [1.29, 1.82) is 5.26 Å². The predicted molar refractivity (Wildman–Crippen MR) is 82.9 cm³/mol. The molecular formula is C16H9N3O5. The standard InChI is InChI=1S/C16H9N3O5/c1-9-6-16(20)24-14-7-10(2-3-11(9)14)23-15-5-4-13(19(21)22)12(8-17)18-15/h2-7H,1H3. The molecule has 0 saturated heterocycles. The molecule has 0 aliphatic rings. The minimum atomic E-state index is -0.692. The van der Waals surface area contributed by atoms with Crippen LogP contribution in [0.2, 0.25) is 0 Å². The zero-order chi connectivity index (χ0) is 17.3. The molecule has 0 fully saturated rings. The van der Waals surface area contributed by atoms with Crippen LogP contribution in [0.4, 0.5) is 5.69 Å². The van der Waals surface area contributed by atoms with Gasteiger partial charge in [-0.1, -0.05) is 0 Å². The van der Waals surface area contributed by atoms with Crippen molar-refractivity contribution in [3.8, 4) is 17.7 Å². The normalized spacial score (nSPS) is 10.3. The first-order valence-corrected chi connectivity index (χ1v) is 6.76. The number of rotatable bonds is 3. The van der Waals surface area contributed by atoms with E-state index in [0.717, 1.165) is 17.0 Å². The molecule has 2 heterocycles. The smallest absolute Gasteiger partial charge is 0.336 e. The lowest BCUT2D eigenvalue weighted by molar-refractivity contribution is -0.385. The molecule has 118 valence electrons. The average Bonchev–Trinajstić information content (AvgIpc) is 2.54. The van der Waals surface area contributed by atoms with Crippen LogP contribution < -0.4 is 10.4 Å². The summed E-state index contributed by atoms with van der Waals surface area (Å²) in [4.78, 5) is 25.3. The Bertz CT molecular complexity index is 1070. The summed E-state index contributed by atoms with van der Waals surface area (Å²) >= 11 is 0. The number of aryl methyl sites for hydroxylation is 1. The minimum absolute atomic E-state index is 0.0199. The first-order valence-electron chi connectivity index (χ1n) is 6.76. The summed E-state index contributed by atoms with van der Waals surface area (Å²) in [7, 11) is 0. The van der Waals surface area contributed by atoms with E-state index < -0.39 is 16.2 Å². The van der Waals surface area contributed by atoms with Crippen molar-refractivity contribution in [3.63, 3.8) is 0 Å². The van der Waals surface area contributed by atoms with Crippen LogP contribution in [0.1, 0.15) is 11.3 Å². The van der Waals surface area contributed by atoms with Crippen LogP contribution in [0.3, 0.4) is 0 Å². The van der Waals surface area contributed by atoms with Crippen molar-refractivity contribution < 1.29 is 14.1 Å². The number of benzene rings is 1. The molecule has 1 aromatic carbocycles. The number of fused-ring (bicyclic) bond motifs is 1. The second-order valence-electron chi connectivity index (χ2n) is 4.89. The Hall–Kier alpha value is -3.73. The van der Waals surface area contributed by atoms with E-state index in [-0.39, 0.29) is 11.6 Å². The third kappa shape index (κ3) is 2.78. The Kier molecular flexibility index (Phi) is 3.67. The Labute approximate surface area is 134 Å². The van der Waals surface area contributed by atoms with Crippen molar-refractivity contribution in [3.05, 3.63) is 68.2 Å². The largest absolute Gasteiger partial charge is 0.439 e. The van der Waals surface area contributed by atoms with E-state index in [1.165, 1.54) is 18.2 Å². The molecule has 0 spiro atoms. The van der Waals surface area contributed by atoms with Crippen LogP contribution in [0.5, 0.6) is 11.6 Å². The van der Waals surface area contributed by atoms with E-state index in [1.54, 1.807) is 25.1 Å². The van der Waals surface area contributed by atoms with Crippen LogP contribution in [0, 0.1) is 28.4 Å². The maximum absolute atomic E-state index is 11.4. The second kappa shape index (κ2) is 5.81. The fourth-order valence-corrected chi connectivity index (χ4v) is 2.21. The van der Waals surface area contributed by atoms with Gasteiger partial charge in [-0.2, -0.15) is 10.2 Å². The molecule has 0 aliphatic heterocycles. The molecule has 0 amide bonds. The van der Waals surface area contributed by atoms with E-state index in [4.69, 9.17) is 14.4 Å². The van der Waals surface area contributed by atoms with E-state index in [9.17, 15) is 14.9 Å². The van der Waals surface area contributed by atoms with Gasteiger partial charge in [-0.3, -0.25) is 10.1 Å². The summed E-state index contributed by atoms with van der Waals surface area (Å²) in [5.74, 6) is 0.341. The minimum Gasteiger partial charge on any atom is -0.439 e. The Morgan fingerprint density at radius 2 is 2.08 bits per heavy atom. The summed E-state index contributed by atoms with van der Waals surface area (Å²) in [5, 5.41) is 20.5. The highest BCUT2D eigenvalue weighted by Gasteiger charge is 2.16. The van der Waals surface area contributed by atoms with Gasteiger partial charge in [0.15, 0.2) is 0 Å². The van der Waals surface area contributed by atoms with Gasteiger partial charge in [0, 0.05) is 29.7 Å². The van der Waals surface area contributed by atoms with Gasteiger partial charge in [-0.15, -0.1) is 0 Å². The third-order valence-electron chi connectivity index (χ3n) is 3.30. The molecule has 0 aliphatic carbocycles. The van der Waals surface area contributed by atoms with Crippen LogP contribution in [0.15, 0.2) is 45.6 Å². The number of ether oxygens (including phenoxy) is 1. The van der Waals surface area contributed by atoms with Crippen LogP contribution in [-0.4, -0.2) is 9.91 Å². The maximum Gasteiger partial charge on any atom is 0.336 e.